The number of nitrogens with one attached hydrogen (secondary N) is 3. The van der Waals surface area contributed by atoms with E-state index in [1.165, 1.54) is 24.3 Å². The highest BCUT2D eigenvalue weighted by Crippen LogP contribution is 2.16. The summed E-state index contributed by atoms with van der Waals surface area (Å²) in [5.41, 5.74) is 1.86. The molecule has 0 heterocycles. The fraction of sp³-hybridized carbons (Fsp3) is 0. The van der Waals surface area contributed by atoms with Gasteiger partial charge in [0, 0.05) is 27.6 Å². The van der Waals surface area contributed by atoms with Gasteiger partial charge >= 0.3 is 6.03 Å². The highest BCUT2D eigenvalue weighted by Gasteiger charge is 2.09. The van der Waals surface area contributed by atoms with Crippen molar-refractivity contribution in [3.63, 3.8) is 0 Å². The van der Waals surface area contributed by atoms with Crippen molar-refractivity contribution in [2.24, 2.45) is 0 Å². The van der Waals surface area contributed by atoms with E-state index in [-0.39, 0.29) is 11.7 Å². The molecule has 0 spiro atoms. The van der Waals surface area contributed by atoms with E-state index in [9.17, 15) is 14.0 Å². The molecule has 0 radical (unpaired) electrons. The Kier molecular flexibility index (Phi) is 5.68. The third-order valence-corrected chi connectivity index (χ3v) is 3.84. The number of rotatable bonds is 4. The standard InChI is InChI=1S/C20H15ClFN3O2/c21-14-4-8-17(9-5-14)24-20(27)25-18-3-1-2-13(12-18)19(26)23-16-10-6-15(22)7-11-16/h1-12H,(H,23,26)(H2,24,25,27). The van der Waals surface area contributed by atoms with Crippen molar-refractivity contribution >= 4 is 40.6 Å². The van der Waals surface area contributed by atoms with Gasteiger partial charge in [0.05, 0.1) is 0 Å². The van der Waals surface area contributed by atoms with Crippen LogP contribution in [-0.2, 0) is 0 Å². The van der Waals surface area contributed by atoms with Gasteiger partial charge in [0.1, 0.15) is 5.82 Å². The first-order valence-electron chi connectivity index (χ1n) is 8.00. The van der Waals surface area contributed by atoms with Gasteiger partial charge in [0.25, 0.3) is 5.91 Å². The minimum Gasteiger partial charge on any atom is -0.322 e. The molecule has 7 heteroatoms. The second-order valence-electron chi connectivity index (χ2n) is 5.63. The lowest BCUT2D eigenvalue weighted by Gasteiger charge is -2.10. The van der Waals surface area contributed by atoms with Crippen LogP contribution in [0.4, 0.5) is 26.2 Å². The molecule has 0 fully saturated rings. The monoisotopic (exact) mass is 383 g/mol. The second-order valence-corrected chi connectivity index (χ2v) is 6.06. The Morgan fingerprint density at radius 2 is 1.33 bits per heavy atom. The van der Waals surface area contributed by atoms with Crippen molar-refractivity contribution in [1.82, 2.24) is 0 Å². The summed E-state index contributed by atoms with van der Waals surface area (Å²) in [4.78, 5) is 24.4. The van der Waals surface area contributed by atoms with Gasteiger partial charge in [0.2, 0.25) is 0 Å². The zero-order valence-corrected chi connectivity index (χ0v) is 14.8. The van der Waals surface area contributed by atoms with Crippen LogP contribution in [0.5, 0.6) is 0 Å². The summed E-state index contributed by atoms with van der Waals surface area (Å²) in [7, 11) is 0. The van der Waals surface area contributed by atoms with E-state index >= 15 is 0 Å². The Labute approximate surface area is 160 Å². The summed E-state index contributed by atoms with van der Waals surface area (Å²) >= 11 is 5.81. The number of hydrogen-bond acceptors (Lipinski definition) is 2. The predicted molar refractivity (Wildman–Crippen MR) is 105 cm³/mol. The molecule has 3 aromatic rings. The molecule has 0 saturated heterocycles. The fourth-order valence-electron chi connectivity index (χ4n) is 2.30. The van der Waals surface area contributed by atoms with Crippen LogP contribution in [0.25, 0.3) is 0 Å². The molecule has 0 aliphatic heterocycles. The van der Waals surface area contributed by atoms with Crippen LogP contribution in [0.3, 0.4) is 0 Å². The average molecular weight is 384 g/mol. The van der Waals surface area contributed by atoms with Crippen molar-refractivity contribution in [3.8, 4) is 0 Å². The molecule has 27 heavy (non-hydrogen) atoms. The van der Waals surface area contributed by atoms with Crippen LogP contribution in [0.2, 0.25) is 5.02 Å². The van der Waals surface area contributed by atoms with E-state index in [0.29, 0.717) is 27.6 Å². The molecule has 3 aromatic carbocycles. The van der Waals surface area contributed by atoms with Gasteiger partial charge in [0.15, 0.2) is 0 Å². The highest BCUT2D eigenvalue weighted by atomic mass is 35.5. The highest BCUT2D eigenvalue weighted by molar-refractivity contribution is 6.30. The van der Waals surface area contributed by atoms with Crippen LogP contribution in [0.15, 0.2) is 72.8 Å². The van der Waals surface area contributed by atoms with Crippen LogP contribution < -0.4 is 16.0 Å². The number of anilines is 3. The van der Waals surface area contributed by atoms with Gasteiger partial charge in [-0.05, 0) is 66.7 Å². The van der Waals surface area contributed by atoms with Crippen LogP contribution in [0, 0.1) is 5.82 Å². The van der Waals surface area contributed by atoms with Crippen molar-refractivity contribution in [1.29, 1.82) is 0 Å². The topological polar surface area (TPSA) is 70.2 Å². The SMILES string of the molecule is O=C(Nc1ccc(Cl)cc1)Nc1cccc(C(=O)Nc2ccc(F)cc2)c1. The van der Waals surface area contributed by atoms with Crippen LogP contribution >= 0.6 is 11.6 Å². The molecule has 3 rings (SSSR count). The molecular weight excluding hydrogens is 369 g/mol. The maximum Gasteiger partial charge on any atom is 0.323 e. The van der Waals surface area contributed by atoms with Gasteiger partial charge in [-0.2, -0.15) is 0 Å². The lowest BCUT2D eigenvalue weighted by atomic mass is 10.2. The lowest BCUT2D eigenvalue weighted by molar-refractivity contribution is 0.102. The number of benzene rings is 3. The Balaban J connectivity index is 1.63. The van der Waals surface area contributed by atoms with Gasteiger partial charge in [-0.25, -0.2) is 9.18 Å². The summed E-state index contributed by atoms with van der Waals surface area (Å²) in [5.74, 6) is -0.755. The van der Waals surface area contributed by atoms with Gasteiger partial charge in [-0.3, -0.25) is 4.79 Å². The fourth-order valence-corrected chi connectivity index (χ4v) is 2.43. The molecular formula is C20H15ClFN3O2. The van der Waals surface area contributed by atoms with Crippen molar-refractivity contribution in [2.75, 3.05) is 16.0 Å². The number of halogens is 2. The minimum absolute atomic E-state index is 0.351. The first-order chi connectivity index (χ1) is 13.0. The normalized spacial score (nSPS) is 10.1. The number of carbonyl (C=O) groups excluding carboxylic acids is 2. The first kappa shape index (κ1) is 18.4. The first-order valence-corrected chi connectivity index (χ1v) is 8.38. The van der Waals surface area contributed by atoms with E-state index < -0.39 is 6.03 Å². The lowest BCUT2D eigenvalue weighted by Crippen LogP contribution is -2.20. The van der Waals surface area contributed by atoms with Gasteiger partial charge in [-0.15, -0.1) is 0 Å². The molecule has 0 aliphatic carbocycles. The smallest absolute Gasteiger partial charge is 0.322 e. The number of hydrogen-bond donors (Lipinski definition) is 3. The van der Waals surface area contributed by atoms with Crippen molar-refractivity contribution < 1.29 is 14.0 Å². The van der Waals surface area contributed by atoms with Gasteiger partial charge in [-0.1, -0.05) is 17.7 Å². The summed E-state index contributed by atoms with van der Waals surface area (Å²) in [5, 5.41) is 8.56. The zero-order chi connectivity index (χ0) is 19.2. The molecule has 0 aliphatic rings. The molecule has 0 atom stereocenters. The quantitative estimate of drug-likeness (QED) is 0.566. The summed E-state index contributed by atoms with van der Waals surface area (Å²) < 4.78 is 12.9. The Hall–Kier alpha value is -3.38. The molecule has 0 saturated carbocycles. The number of urea groups is 1. The molecule has 0 aromatic heterocycles. The van der Waals surface area contributed by atoms with Gasteiger partial charge < -0.3 is 16.0 Å². The Bertz CT molecular complexity index is 960. The summed E-state index contributed by atoms with van der Waals surface area (Å²) in [6, 6.07) is 18.1. The molecule has 0 unspecified atom stereocenters. The zero-order valence-electron chi connectivity index (χ0n) is 14.0. The molecule has 0 bridgehead atoms. The van der Waals surface area contributed by atoms with E-state index in [0.717, 1.165) is 0 Å². The Morgan fingerprint density at radius 1 is 0.741 bits per heavy atom. The number of amides is 3. The largest absolute Gasteiger partial charge is 0.323 e. The summed E-state index contributed by atoms with van der Waals surface area (Å²) in [6.45, 7) is 0. The third-order valence-electron chi connectivity index (χ3n) is 3.59. The average Bonchev–Trinajstić information content (AvgIpc) is 2.65. The van der Waals surface area contributed by atoms with E-state index in [4.69, 9.17) is 11.6 Å². The molecule has 136 valence electrons. The van der Waals surface area contributed by atoms with E-state index in [1.54, 1.807) is 48.5 Å². The molecule has 3 N–H and O–H groups in total. The minimum atomic E-state index is -0.451. The van der Waals surface area contributed by atoms with E-state index in [1.807, 2.05) is 0 Å². The Morgan fingerprint density at radius 3 is 2.04 bits per heavy atom. The molecule has 3 amide bonds. The molecule has 5 nitrogen and oxygen atoms in total. The van der Waals surface area contributed by atoms with Crippen molar-refractivity contribution in [2.45, 2.75) is 0 Å². The van der Waals surface area contributed by atoms with Crippen LogP contribution in [-0.4, -0.2) is 11.9 Å². The van der Waals surface area contributed by atoms with Crippen molar-refractivity contribution in [3.05, 3.63) is 89.2 Å². The third kappa shape index (κ3) is 5.29. The predicted octanol–water partition coefficient (Wildman–Crippen LogP) is 5.38. The number of carbonyl (C=O) groups is 2. The van der Waals surface area contributed by atoms with E-state index in [2.05, 4.69) is 16.0 Å². The second kappa shape index (κ2) is 8.33. The maximum absolute atomic E-state index is 12.9. The maximum atomic E-state index is 12.9. The summed E-state index contributed by atoms with van der Waals surface area (Å²) in [6.07, 6.45) is 0. The van der Waals surface area contributed by atoms with Crippen LogP contribution in [0.1, 0.15) is 10.4 Å².